The van der Waals surface area contributed by atoms with Gasteiger partial charge in [0.15, 0.2) is 0 Å². The number of rotatable bonds is 2. The first-order chi connectivity index (χ1) is 8.02. The molecule has 0 radical (unpaired) electrons. The van der Waals surface area contributed by atoms with E-state index in [1.54, 1.807) is 0 Å². The van der Waals surface area contributed by atoms with E-state index in [0.717, 1.165) is 25.9 Å². The van der Waals surface area contributed by atoms with Crippen LogP contribution < -0.4 is 10.6 Å². The summed E-state index contributed by atoms with van der Waals surface area (Å²) in [6, 6.07) is 6.60. The summed E-state index contributed by atoms with van der Waals surface area (Å²) in [5.41, 5.74) is 8.81. The van der Waals surface area contributed by atoms with Gasteiger partial charge in [-0.25, -0.2) is 0 Å². The number of aliphatic hydroxyl groups is 1. The summed E-state index contributed by atoms with van der Waals surface area (Å²) in [5, 5.41) is 10.1. The van der Waals surface area contributed by atoms with Crippen molar-refractivity contribution in [3.8, 4) is 0 Å². The fourth-order valence-electron chi connectivity index (χ4n) is 2.52. The summed E-state index contributed by atoms with van der Waals surface area (Å²) in [6.45, 7) is 6.38. The Labute approximate surface area is 103 Å². The van der Waals surface area contributed by atoms with Gasteiger partial charge in [-0.1, -0.05) is 6.07 Å². The number of hydrogen-bond donors (Lipinski definition) is 2. The molecule has 0 spiro atoms. The molecule has 1 heterocycles. The number of piperidine rings is 1. The normalized spacial score (nSPS) is 19.4. The van der Waals surface area contributed by atoms with Crippen LogP contribution >= 0.6 is 0 Å². The number of nitrogens with two attached hydrogens (primary N) is 1. The lowest BCUT2D eigenvalue weighted by Gasteiger charge is -2.38. The number of benzene rings is 1. The Morgan fingerprint density at radius 3 is 2.18 bits per heavy atom. The first-order valence-corrected chi connectivity index (χ1v) is 6.28. The van der Waals surface area contributed by atoms with Crippen LogP contribution in [-0.2, 0) is 0 Å². The number of aryl methyl sites for hydroxylation is 2. The molecule has 1 aromatic rings. The third-order valence-corrected chi connectivity index (χ3v) is 3.65. The summed E-state index contributed by atoms with van der Waals surface area (Å²) in [5.74, 6) is 0. The third-order valence-electron chi connectivity index (χ3n) is 3.65. The van der Waals surface area contributed by atoms with Crippen LogP contribution in [-0.4, -0.2) is 30.3 Å². The summed E-state index contributed by atoms with van der Waals surface area (Å²) in [4.78, 5) is 2.34. The Balaban J connectivity index is 2.10. The van der Waals surface area contributed by atoms with Gasteiger partial charge in [0, 0.05) is 25.3 Å². The number of anilines is 1. The highest BCUT2D eigenvalue weighted by Gasteiger charge is 2.30. The Kier molecular flexibility index (Phi) is 3.40. The lowest BCUT2D eigenvalue weighted by molar-refractivity contribution is 0.0250. The first kappa shape index (κ1) is 12.4. The van der Waals surface area contributed by atoms with Gasteiger partial charge in [0.05, 0.1) is 5.60 Å². The van der Waals surface area contributed by atoms with Crippen LogP contribution in [0.1, 0.15) is 24.0 Å². The maximum atomic E-state index is 10.1. The molecule has 1 saturated heterocycles. The fraction of sp³-hybridized carbons (Fsp3) is 0.571. The van der Waals surface area contributed by atoms with Gasteiger partial charge in [-0.15, -0.1) is 0 Å². The molecule has 1 aliphatic heterocycles. The molecular formula is C14H22N2O. The number of nitrogens with zero attached hydrogens (tertiary/aromatic N) is 1. The number of hydrogen-bond acceptors (Lipinski definition) is 3. The van der Waals surface area contributed by atoms with E-state index in [-0.39, 0.29) is 0 Å². The van der Waals surface area contributed by atoms with E-state index in [1.165, 1.54) is 16.8 Å². The minimum Gasteiger partial charge on any atom is -0.388 e. The van der Waals surface area contributed by atoms with Gasteiger partial charge in [-0.05, 0) is 49.9 Å². The topological polar surface area (TPSA) is 49.5 Å². The molecule has 0 unspecified atom stereocenters. The Morgan fingerprint density at radius 2 is 1.71 bits per heavy atom. The summed E-state index contributed by atoms with van der Waals surface area (Å²) < 4.78 is 0. The molecule has 17 heavy (non-hydrogen) atoms. The van der Waals surface area contributed by atoms with Gasteiger partial charge < -0.3 is 15.7 Å². The second kappa shape index (κ2) is 4.67. The maximum Gasteiger partial charge on any atom is 0.0803 e. The van der Waals surface area contributed by atoms with Crippen molar-refractivity contribution in [2.75, 3.05) is 24.5 Å². The molecule has 0 atom stereocenters. The molecule has 2 rings (SSSR count). The van der Waals surface area contributed by atoms with Gasteiger partial charge in [0.1, 0.15) is 0 Å². The molecule has 3 heteroatoms. The summed E-state index contributed by atoms with van der Waals surface area (Å²) >= 11 is 0. The summed E-state index contributed by atoms with van der Waals surface area (Å²) in [7, 11) is 0. The monoisotopic (exact) mass is 234 g/mol. The van der Waals surface area contributed by atoms with Crippen molar-refractivity contribution < 1.29 is 5.11 Å². The van der Waals surface area contributed by atoms with Crippen molar-refractivity contribution >= 4 is 5.69 Å². The highest BCUT2D eigenvalue weighted by atomic mass is 16.3. The first-order valence-electron chi connectivity index (χ1n) is 6.28. The fourth-order valence-corrected chi connectivity index (χ4v) is 2.52. The highest BCUT2D eigenvalue weighted by Crippen LogP contribution is 2.26. The van der Waals surface area contributed by atoms with E-state index in [2.05, 4.69) is 36.9 Å². The van der Waals surface area contributed by atoms with E-state index in [0.29, 0.717) is 6.54 Å². The van der Waals surface area contributed by atoms with E-state index in [4.69, 9.17) is 5.73 Å². The van der Waals surface area contributed by atoms with Crippen LogP contribution in [0.2, 0.25) is 0 Å². The summed E-state index contributed by atoms with van der Waals surface area (Å²) in [6.07, 6.45) is 1.52. The minimum absolute atomic E-state index is 0.369. The van der Waals surface area contributed by atoms with Gasteiger partial charge >= 0.3 is 0 Å². The highest BCUT2D eigenvalue weighted by molar-refractivity contribution is 5.51. The van der Waals surface area contributed by atoms with Crippen molar-refractivity contribution in [1.29, 1.82) is 0 Å². The molecule has 1 fully saturated rings. The lowest BCUT2D eigenvalue weighted by Crippen LogP contribution is -2.48. The SMILES string of the molecule is Cc1cc(C)cc(N2CCC(O)(CN)CC2)c1. The third kappa shape index (κ3) is 2.79. The van der Waals surface area contributed by atoms with Gasteiger partial charge in [-0.3, -0.25) is 0 Å². The predicted octanol–water partition coefficient (Wildman–Crippen LogP) is 1.59. The standard InChI is InChI=1S/C14H22N2O/c1-11-7-12(2)9-13(8-11)16-5-3-14(17,10-15)4-6-16/h7-9,17H,3-6,10,15H2,1-2H3. The predicted molar refractivity (Wildman–Crippen MR) is 71.4 cm³/mol. The largest absolute Gasteiger partial charge is 0.388 e. The average molecular weight is 234 g/mol. The van der Waals surface area contributed by atoms with Crippen LogP contribution in [0.5, 0.6) is 0 Å². The van der Waals surface area contributed by atoms with E-state index in [1.807, 2.05) is 0 Å². The van der Waals surface area contributed by atoms with Gasteiger partial charge in [0.2, 0.25) is 0 Å². The van der Waals surface area contributed by atoms with Crippen LogP contribution in [0, 0.1) is 13.8 Å². The second-order valence-electron chi connectivity index (χ2n) is 5.26. The molecule has 0 saturated carbocycles. The van der Waals surface area contributed by atoms with Gasteiger partial charge in [0.25, 0.3) is 0 Å². The van der Waals surface area contributed by atoms with Crippen molar-refractivity contribution in [3.63, 3.8) is 0 Å². The zero-order chi connectivity index (χ0) is 12.5. The van der Waals surface area contributed by atoms with E-state index in [9.17, 15) is 5.11 Å². The maximum absolute atomic E-state index is 10.1. The van der Waals surface area contributed by atoms with E-state index >= 15 is 0 Å². The molecule has 1 aromatic carbocycles. The molecule has 94 valence electrons. The van der Waals surface area contributed by atoms with Crippen molar-refractivity contribution in [1.82, 2.24) is 0 Å². The Hall–Kier alpha value is -1.06. The molecule has 3 N–H and O–H groups in total. The Bertz CT molecular complexity index is 375. The quantitative estimate of drug-likeness (QED) is 0.817. The Morgan fingerprint density at radius 1 is 1.18 bits per heavy atom. The zero-order valence-corrected chi connectivity index (χ0v) is 10.7. The molecule has 0 bridgehead atoms. The van der Waals surface area contributed by atoms with Crippen molar-refractivity contribution in [2.45, 2.75) is 32.3 Å². The smallest absolute Gasteiger partial charge is 0.0803 e. The van der Waals surface area contributed by atoms with Crippen LogP contribution in [0.4, 0.5) is 5.69 Å². The molecule has 0 aromatic heterocycles. The minimum atomic E-state index is -0.643. The van der Waals surface area contributed by atoms with Crippen molar-refractivity contribution in [2.24, 2.45) is 5.73 Å². The van der Waals surface area contributed by atoms with Crippen LogP contribution in [0.25, 0.3) is 0 Å². The van der Waals surface area contributed by atoms with E-state index < -0.39 is 5.60 Å². The van der Waals surface area contributed by atoms with Crippen molar-refractivity contribution in [3.05, 3.63) is 29.3 Å². The molecular weight excluding hydrogens is 212 g/mol. The van der Waals surface area contributed by atoms with Gasteiger partial charge in [-0.2, -0.15) is 0 Å². The van der Waals surface area contributed by atoms with Crippen LogP contribution in [0.15, 0.2) is 18.2 Å². The molecule has 0 amide bonds. The van der Waals surface area contributed by atoms with Crippen LogP contribution in [0.3, 0.4) is 0 Å². The molecule has 1 aliphatic rings. The second-order valence-corrected chi connectivity index (χ2v) is 5.26. The molecule has 3 nitrogen and oxygen atoms in total. The average Bonchev–Trinajstić information content (AvgIpc) is 2.29. The zero-order valence-electron chi connectivity index (χ0n) is 10.7. The molecule has 0 aliphatic carbocycles. The lowest BCUT2D eigenvalue weighted by atomic mass is 9.91.